The zero-order valence-electron chi connectivity index (χ0n) is 18.6. The number of aliphatic imine (C=N–C) groups is 1. The molecule has 2 N–H and O–H groups in total. The number of nitrogens with zero attached hydrogens (tertiary/aromatic N) is 4. The molecule has 1 aliphatic carbocycles. The summed E-state index contributed by atoms with van der Waals surface area (Å²) < 4.78 is 7.43. The van der Waals surface area contributed by atoms with E-state index in [1.807, 2.05) is 25.5 Å². The summed E-state index contributed by atoms with van der Waals surface area (Å²) in [5, 5.41) is 15.5. The quantitative estimate of drug-likeness (QED) is 0.375. The van der Waals surface area contributed by atoms with Gasteiger partial charge < -0.3 is 19.9 Å². The molecule has 1 saturated carbocycles. The predicted molar refractivity (Wildman–Crippen MR) is 121 cm³/mol. The fourth-order valence-electron chi connectivity index (χ4n) is 3.91. The Labute approximate surface area is 180 Å². The van der Waals surface area contributed by atoms with Crippen molar-refractivity contribution in [3.63, 3.8) is 0 Å². The van der Waals surface area contributed by atoms with Crippen molar-refractivity contribution in [3.8, 4) is 0 Å². The second-order valence-electron chi connectivity index (χ2n) is 7.97. The Kier molecular flexibility index (Phi) is 8.68. The Balaban J connectivity index is 1.54. The summed E-state index contributed by atoms with van der Waals surface area (Å²) in [5.74, 6) is 3.30. The highest BCUT2D eigenvalue weighted by atomic mass is 16.5. The first-order valence-electron chi connectivity index (χ1n) is 11.2. The van der Waals surface area contributed by atoms with Gasteiger partial charge in [-0.25, -0.2) is 4.99 Å². The normalized spacial score (nSPS) is 19.6. The van der Waals surface area contributed by atoms with Gasteiger partial charge in [-0.1, -0.05) is 30.3 Å². The largest absolute Gasteiger partial charge is 0.382 e. The second kappa shape index (κ2) is 11.7. The van der Waals surface area contributed by atoms with E-state index in [0.717, 1.165) is 56.6 Å². The van der Waals surface area contributed by atoms with E-state index in [9.17, 15) is 0 Å². The van der Waals surface area contributed by atoms with Crippen LogP contribution >= 0.6 is 0 Å². The lowest BCUT2D eigenvalue weighted by atomic mass is 9.82. The van der Waals surface area contributed by atoms with Crippen LogP contribution in [0.25, 0.3) is 0 Å². The highest BCUT2D eigenvalue weighted by Gasteiger charge is 2.23. The number of aryl methyl sites for hydroxylation is 1. The van der Waals surface area contributed by atoms with Crippen LogP contribution in [0.2, 0.25) is 0 Å². The van der Waals surface area contributed by atoms with Crippen LogP contribution in [-0.2, 0) is 18.3 Å². The monoisotopic (exact) mass is 412 g/mol. The highest BCUT2D eigenvalue weighted by Crippen LogP contribution is 2.32. The Morgan fingerprint density at radius 3 is 2.60 bits per heavy atom. The molecule has 2 aromatic rings. The Hall–Kier alpha value is -2.41. The predicted octanol–water partition coefficient (Wildman–Crippen LogP) is 3.31. The molecule has 0 bridgehead atoms. The van der Waals surface area contributed by atoms with E-state index in [4.69, 9.17) is 9.73 Å². The molecule has 0 unspecified atom stereocenters. The van der Waals surface area contributed by atoms with Crippen LogP contribution in [0, 0.1) is 6.92 Å². The van der Waals surface area contributed by atoms with Crippen LogP contribution in [0.3, 0.4) is 0 Å². The molecule has 0 spiro atoms. The molecule has 30 heavy (non-hydrogen) atoms. The van der Waals surface area contributed by atoms with E-state index >= 15 is 0 Å². The lowest BCUT2D eigenvalue weighted by Crippen LogP contribution is -2.45. The first-order chi connectivity index (χ1) is 14.7. The number of benzene rings is 1. The fraction of sp³-hybridized carbons (Fsp3) is 0.609. The highest BCUT2D eigenvalue weighted by molar-refractivity contribution is 5.80. The van der Waals surface area contributed by atoms with E-state index in [1.54, 1.807) is 0 Å². The molecule has 1 aliphatic rings. The molecule has 0 aliphatic heterocycles. The molecule has 0 radical (unpaired) electrons. The molecule has 164 valence electrons. The number of hydrogen-bond donors (Lipinski definition) is 2. The zero-order chi connectivity index (χ0) is 21.2. The molecule has 0 amide bonds. The van der Waals surface area contributed by atoms with Gasteiger partial charge in [0.2, 0.25) is 0 Å². The van der Waals surface area contributed by atoms with Crippen molar-refractivity contribution < 1.29 is 4.74 Å². The van der Waals surface area contributed by atoms with Crippen molar-refractivity contribution in [2.75, 3.05) is 19.8 Å². The third-order valence-electron chi connectivity index (χ3n) is 5.86. The van der Waals surface area contributed by atoms with Gasteiger partial charge in [-0.2, -0.15) is 0 Å². The minimum Gasteiger partial charge on any atom is -0.382 e. The maximum Gasteiger partial charge on any atom is 0.191 e. The number of ether oxygens (including phenoxy) is 1. The van der Waals surface area contributed by atoms with E-state index < -0.39 is 0 Å². The number of nitrogens with one attached hydrogen (secondary N) is 2. The zero-order valence-corrected chi connectivity index (χ0v) is 18.6. The molecule has 7 heteroatoms. The van der Waals surface area contributed by atoms with Gasteiger partial charge in [0, 0.05) is 32.8 Å². The third-order valence-corrected chi connectivity index (χ3v) is 5.86. The summed E-state index contributed by atoms with van der Waals surface area (Å²) in [6, 6.07) is 11.3. The van der Waals surface area contributed by atoms with Gasteiger partial charge in [-0.15, -0.1) is 10.2 Å². The number of rotatable bonds is 9. The SMILES string of the molecule is CCOCCCNC(=NCc1nnc(C)n1C)NC1CCC(c2ccccc2)CC1. The average molecular weight is 413 g/mol. The number of aromatic nitrogens is 3. The maximum atomic E-state index is 5.45. The molecule has 3 rings (SSSR count). The van der Waals surface area contributed by atoms with E-state index in [-0.39, 0.29) is 0 Å². The van der Waals surface area contributed by atoms with Gasteiger partial charge in [-0.3, -0.25) is 0 Å². The van der Waals surface area contributed by atoms with Crippen molar-refractivity contribution in [2.24, 2.45) is 12.0 Å². The van der Waals surface area contributed by atoms with E-state index in [1.165, 1.54) is 18.4 Å². The Morgan fingerprint density at radius 2 is 1.93 bits per heavy atom. The molecular formula is C23H36N6O. The first-order valence-corrected chi connectivity index (χ1v) is 11.2. The summed E-state index contributed by atoms with van der Waals surface area (Å²) in [7, 11) is 1.98. The topological polar surface area (TPSA) is 76.4 Å². The van der Waals surface area contributed by atoms with Crippen molar-refractivity contribution in [1.29, 1.82) is 0 Å². The lowest BCUT2D eigenvalue weighted by Gasteiger charge is -2.30. The number of hydrogen-bond acceptors (Lipinski definition) is 4. The smallest absolute Gasteiger partial charge is 0.191 e. The van der Waals surface area contributed by atoms with Crippen LogP contribution in [-0.4, -0.2) is 46.5 Å². The van der Waals surface area contributed by atoms with Crippen molar-refractivity contribution in [2.45, 2.75) is 64.5 Å². The number of guanidine groups is 1. The Morgan fingerprint density at radius 1 is 1.17 bits per heavy atom. The van der Waals surface area contributed by atoms with Gasteiger partial charge in [-0.05, 0) is 57.4 Å². The minimum absolute atomic E-state index is 0.448. The van der Waals surface area contributed by atoms with Crippen molar-refractivity contribution >= 4 is 5.96 Å². The summed E-state index contributed by atoms with van der Waals surface area (Å²) in [4.78, 5) is 4.79. The fourth-order valence-corrected chi connectivity index (χ4v) is 3.91. The van der Waals surface area contributed by atoms with Crippen LogP contribution in [0.15, 0.2) is 35.3 Å². The average Bonchev–Trinajstić information content (AvgIpc) is 3.10. The summed E-state index contributed by atoms with van der Waals surface area (Å²) >= 11 is 0. The molecular weight excluding hydrogens is 376 g/mol. The molecule has 0 saturated heterocycles. The van der Waals surface area contributed by atoms with Crippen LogP contribution in [0.1, 0.15) is 62.2 Å². The summed E-state index contributed by atoms with van der Waals surface area (Å²) in [6.07, 6.45) is 5.69. The standard InChI is InChI=1S/C23H36N6O/c1-4-30-16-8-15-24-23(25-17-22-28-27-18(2)29(22)3)26-21-13-11-20(12-14-21)19-9-6-5-7-10-19/h5-7,9-10,20-21H,4,8,11-17H2,1-3H3,(H2,24,25,26). The van der Waals surface area contributed by atoms with Gasteiger partial charge in [0.05, 0.1) is 0 Å². The summed E-state index contributed by atoms with van der Waals surface area (Å²) in [6.45, 7) is 6.85. The van der Waals surface area contributed by atoms with Gasteiger partial charge in [0.25, 0.3) is 0 Å². The second-order valence-corrected chi connectivity index (χ2v) is 7.97. The van der Waals surface area contributed by atoms with Gasteiger partial charge >= 0.3 is 0 Å². The molecule has 1 heterocycles. The lowest BCUT2D eigenvalue weighted by molar-refractivity contribution is 0.145. The minimum atomic E-state index is 0.448. The van der Waals surface area contributed by atoms with Gasteiger partial charge in [0.15, 0.2) is 11.8 Å². The van der Waals surface area contributed by atoms with Crippen molar-refractivity contribution in [1.82, 2.24) is 25.4 Å². The molecule has 7 nitrogen and oxygen atoms in total. The first kappa shape index (κ1) is 22.3. The molecule has 1 aromatic carbocycles. The van der Waals surface area contributed by atoms with E-state index in [2.05, 4.69) is 51.2 Å². The Bertz CT molecular complexity index is 780. The third kappa shape index (κ3) is 6.55. The molecule has 1 fully saturated rings. The molecule has 0 atom stereocenters. The van der Waals surface area contributed by atoms with Crippen LogP contribution < -0.4 is 10.6 Å². The maximum absolute atomic E-state index is 5.45. The summed E-state index contributed by atoms with van der Waals surface area (Å²) in [5.41, 5.74) is 1.47. The molecule has 1 aromatic heterocycles. The van der Waals surface area contributed by atoms with Crippen molar-refractivity contribution in [3.05, 3.63) is 47.5 Å². The van der Waals surface area contributed by atoms with Crippen LogP contribution in [0.4, 0.5) is 0 Å². The van der Waals surface area contributed by atoms with Crippen LogP contribution in [0.5, 0.6) is 0 Å². The van der Waals surface area contributed by atoms with Gasteiger partial charge in [0.1, 0.15) is 12.4 Å². The van der Waals surface area contributed by atoms with E-state index in [0.29, 0.717) is 18.5 Å².